The first-order valence-electron chi connectivity index (χ1n) is 9.27. The molecule has 0 bridgehead atoms. The number of benzene rings is 2. The van der Waals surface area contributed by atoms with Crippen molar-refractivity contribution >= 4 is 34.4 Å². The van der Waals surface area contributed by atoms with Crippen LogP contribution in [0.2, 0.25) is 5.02 Å². The highest BCUT2D eigenvalue weighted by Gasteiger charge is 2.08. The fourth-order valence-electron chi connectivity index (χ4n) is 3.03. The number of amides is 2. The average Bonchev–Trinajstić information content (AvgIpc) is 3.01. The van der Waals surface area contributed by atoms with Gasteiger partial charge in [0.15, 0.2) is 0 Å². The Kier molecular flexibility index (Phi) is 6.66. The molecule has 0 saturated heterocycles. The molecule has 28 heavy (non-hydrogen) atoms. The lowest BCUT2D eigenvalue weighted by molar-refractivity contribution is -0.121. The first-order chi connectivity index (χ1) is 13.5. The molecule has 0 atom stereocenters. The van der Waals surface area contributed by atoms with Crippen LogP contribution in [0.15, 0.2) is 48.5 Å². The molecule has 7 heteroatoms. The predicted octanol–water partition coefficient (Wildman–Crippen LogP) is 3.32. The van der Waals surface area contributed by atoms with E-state index in [0.29, 0.717) is 43.1 Å². The Morgan fingerprint density at radius 2 is 1.79 bits per heavy atom. The zero-order valence-electron chi connectivity index (χ0n) is 15.7. The number of imidazole rings is 1. The third-order valence-corrected chi connectivity index (χ3v) is 4.73. The van der Waals surface area contributed by atoms with E-state index in [0.717, 1.165) is 16.9 Å². The maximum Gasteiger partial charge on any atom is 0.251 e. The van der Waals surface area contributed by atoms with Crippen LogP contribution in [0.1, 0.15) is 29.0 Å². The van der Waals surface area contributed by atoms with Crippen LogP contribution in [0.5, 0.6) is 0 Å². The van der Waals surface area contributed by atoms with Gasteiger partial charge in [-0.1, -0.05) is 23.7 Å². The van der Waals surface area contributed by atoms with Crippen LogP contribution < -0.4 is 10.6 Å². The maximum atomic E-state index is 12.0. The average molecular weight is 399 g/mol. The molecule has 2 amide bonds. The Morgan fingerprint density at radius 1 is 1.04 bits per heavy atom. The number of hydrogen-bond donors (Lipinski definition) is 2. The molecule has 0 unspecified atom stereocenters. The van der Waals surface area contributed by atoms with Crippen molar-refractivity contribution in [3.05, 3.63) is 64.9 Å². The minimum Gasteiger partial charge on any atom is -0.354 e. The summed E-state index contributed by atoms with van der Waals surface area (Å²) < 4.78 is 2.10. The van der Waals surface area contributed by atoms with Gasteiger partial charge in [-0.15, -0.1) is 0 Å². The first-order valence-corrected chi connectivity index (χ1v) is 9.65. The summed E-state index contributed by atoms with van der Waals surface area (Å²) in [7, 11) is 0. The van der Waals surface area contributed by atoms with E-state index in [2.05, 4.69) is 20.2 Å². The Labute approximate surface area is 168 Å². The quantitative estimate of drug-likeness (QED) is 0.571. The van der Waals surface area contributed by atoms with E-state index in [9.17, 15) is 9.59 Å². The molecule has 0 aliphatic heterocycles. The number of halogens is 1. The van der Waals surface area contributed by atoms with Gasteiger partial charge in [0.05, 0.1) is 11.0 Å². The number of fused-ring (bicyclic) bond motifs is 1. The lowest BCUT2D eigenvalue weighted by Crippen LogP contribution is -2.29. The second kappa shape index (κ2) is 9.37. The molecule has 6 nitrogen and oxygen atoms in total. The van der Waals surface area contributed by atoms with Gasteiger partial charge in [0.1, 0.15) is 5.82 Å². The van der Waals surface area contributed by atoms with Crippen molar-refractivity contribution in [2.45, 2.75) is 26.3 Å². The number of carbonyl (C=O) groups is 2. The van der Waals surface area contributed by atoms with Crippen molar-refractivity contribution < 1.29 is 9.59 Å². The summed E-state index contributed by atoms with van der Waals surface area (Å²) in [6.45, 7) is 3.62. The number of aromatic nitrogens is 2. The smallest absolute Gasteiger partial charge is 0.251 e. The molecule has 1 aromatic heterocycles. The minimum absolute atomic E-state index is 0.0252. The normalized spacial score (nSPS) is 10.8. The fourth-order valence-corrected chi connectivity index (χ4v) is 3.15. The van der Waals surface area contributed by atoms with Crippen molar-refractivity contribution in [3.63, 3.8) is 0 Å². The third-order valence-electron chi connectivity index (χ3n) is 4.48. The molecule has 1 heterocycles. The van der Waals surface area contributed by atoms with Crippen LogP contribution in [-0.2, 0) is 11.3 Å². The van der Waals surface area contributed by atoms with Crippen molar-refractivity contribution in [2.75, 3.05) is 13.1 Å². The molecule has 146 valence electrons. The SMILES string of the molecule is Cc1nc2ccccc2n1CCNC(=O)CCCNC(=O)c1ccc(Cl)cc1. The van der Waals surface area contributed by atoms with Gasteiger partial charge in [-0.25, -0.2) is 4.98 Å². The molecule has 0 aliphatic carbocycles. The van der Waals surface area contributed by atoms with Crippen LogP contribution in [0.4, 0.5) is 0 Å². The molecule has 0 radical (unpaired) electrons. The number of rotatable bonds is 8. The second-order valence-corrected chi connectivity index (χ2v) is 6.95. The molecule has 0 fully saturated rings. The van der Waals surface area contributed by atoms with Gasteiger partial charge in [-0.3, -0.25) is 9.59 Å². The number of hydrogen-bond acceptors (Lipinski definition) is 3. The van der Waals surface area contributed by atoms with E-state index in [1.54, 1.807) is 24.3 Å². The molecule has 0 aliphatic rings. The molecule has 3 rings (SSSR count). The third kappa shape index (κ3) is 5.10. The standard InChI is InChI=1S/C21H23ClN4O2/c1-15-25-18-5-2-3-6-19(18)26(15)14-13-23-20(27)7-4-12-24-21(28)16-8-10-17(22)11-9-16/h2-3,5-6,8-11H,4,7,12-14H2,1H3,(H,23,27)(H,24,28). The number of nitrogens with zero attached hydrogens (tertiary/aromatic N) is 2. The van der Waals surface area contributed by atoms with Gasteiger partial charge in [0.25, 0.3) is 5.91 Å². The summed E-state index contributed by atoms with van der Waals surface area (Å²) >= 11 is 5.81. The Morgan fingerprint density at radius 3 is 2.57 bits per heavy atom. The van der Waals surface area contributed by atoms with Gasteiger partial charge < -0.3 is 15.2 Å². The summed E-state index contributed by atoms with van der Waals surface area (Å²) in [4.78, 5) is 28.5. The number of carbonyl (C=O) groups excluding carboxylic acids is 2. The molecule has 2 N–H and O–H groups in total. The van der Waals surface area contributed by atoms with Crippen molar-refractivity contribution in [1.82, 2.24) is 20.2 Å². The molecule has 0 spiro atoms. The Balaban J connectivity index is 1.36. The van der Waals surface area contributed by atoms with Crippen LogP contribution in [0.25, 0.3) is 11.0 Å². The summed E-state index contributed by atoms with van der Waals surface area (Å²) in [6.07, 6.45) is 0.947. The predicted molar refractivity (Wildman–Crippen MR) is 110 cm³/mol. The van der Waals surface area contributed by atoms with Gasteiger partial charge in [0.2, 0.25) is 5.91 Å². The highest BCUT2D eigenvalue weighted by atomic mass is 35.5. The lowest BCUT2D eigenvalue weighted by Gasteiger charge is -2.09. The number of nitrogens with one attached hydrogen (secondary N) is 2. The van der Waals surface area contributed by atoms with E-state index >= 15 is 0 Å². The van der Waals surface area contributed by atoms with E-state index in [1.165, 1.54) is 0 Å². The molecule has 3 aromatic rings. The molecule has 0 saturated carbocycles. The highest BCUT2D eigenvalue weighted by Crippen LogP contribution is 2.14. The van der Waals surface area contributed by atoms with Crippen molar-refractivity contribution in [2.24, 2.45) is 0 Å². The van der Waals surface area contributed by atoms with Crippen molar-refractivity contribution in [3.8, 4) is 0 Å². The van der Waals surface area contributed by atoms with Gasteiger partial charge in [0, 0.05) is 36.6 Å². The van der Waals surface area contributed by atoms with Gasteiger partial charge >= 0.3 is 0 Å². The maximum absolute atomic E-state index is 12.0. The van der Waals surface area contributed by atoms with Crippen LogP contribution >= 0.6 is 11.6 Å². The molecular weight excluding hydrogens is 376 g/mol. The highest BCUT2D eigenvalue weighted by molar-refractivity contribution is 6.30. The van der Waals surface area contributed by atoms with E-state index in [1.807, 2.05) is 31.2 Å². The molecule has 2 aromatic carbocycles. The zero-order valence-corrected chi connectivity index (χ0v) is 16.5. The van der Waals surface area contributed by atoms with E-state index < -0.39 is 0 Å². The minimum atomic E-state index is -0.167. The number of para-hydroxylation sites is 2. The van der Waals surface area contributed by atoms with Crippen LogP contribution in [-0.4, -0.2) is 34.5 Å². The monoisotopic (exact) mass is 398 g/mol. The second-order valence-electron chi connectivity index (χ2n) is 6.52. The molecular formula is C21H23ClN4O2. The summed E-state index contributed by atoms with van der Waals surface area (Å²) in [5, 5.41) is 6.32. The first kappa shape index (κ1) is 19.9. The topological polar surface area (TPSA) is 76.0 Å². The lowest BCUT2D eigenvalue weighted by atomic mass is 10.2. The van der Waals surface area contributed by atoms with Gasteiger partial charge in [-0.05, 0) is 49.7 Å². The van der Waals surface area contributed by atoms with Gasteiger partial charge in [-0.2, -0.15) is 0 Å². The van der Waals surface area contributed by atoms with Crippen molar-refractivity contribution in [1.29, 1.82) is 0 Å². The fraction of sp³-hybridized carbons (Fsp3) is 0.286. The Hall–Kier alpha value is -2.86. The largest absolute Gasteiger partial charge is 0.354 e. The summed E-state index contributed by atoms with van der Waals surface area (Å²) in [5.74, 6) is 0.739. The Bertz CT molecular complexity index is 966. The van der Waals surface area contributed by atoms with Crippen LogP contribution in [0.3, 0.4) is 0 Å². The van der Waals surface area contributed by atoms with E-state index in [-0.39, 0.29) is 11.8 Å². The summed E-state index contributed by atoms with van der Waals surface area (Å²) in [6, 6.07) is 14.7. The summed E-state index contributed by atoms with van der Waals surface area (Å²) in [5.41, 5.74) is 2.58. The van der Waals surface area contributed by atoms with E-state index in [4.69, 9.17) is 11.6 Å². The number of aryl methyl sites for hydroxylation is 1. The van der Waals surface area contributed by atoms with Crippen LogP contribution in [0, 0.1) is 6.92 Å². The zero-order chi connectivity index (χ0) is 19.9.